The molecule has 4 heterocycles. The largest absolute Gasteiger partial charge is 0.505 e. The predicted molar refractivity (Wildman–Crippen MR) is 104 cm³/mol. The van der Waals surface area contributed by atoms with Crippen LogP contribution < -0.4 is 10.2 Å². The van der Waals surface area contributed by atoms with Gasteiger partial charge in [0.1, 0.15) is 24.2 Å². The first-order chi connectivity index (χ1) is 14.6. The summed E-state index contributed by atoms with van der Waals surface area (Å²) in [7, 11) is 0. The highest BCUT2D eigenvalue weighted by Gasteiger charge is 2.22. The Kier molecular flexibility index (Phi) is 5.19. The molecule has 0 unspecified atom stereocenters. The van der Waals surface area contributed by atoms with E-state index in [2.05, 4.69) is 20.3 Å². The third-order valence-corrected chi connectivity index (χ3v) is 4.58. The maximum absolute atomic E-state index is 12.5. The van der Waals surface area contributed by atoms with E-state index in [1.807, 2.05) is 6.07 Å². The molecule has 0 aromatic carbocycles. The van der Waals surface area contributed by atoms with Crippen LogP contribution in [0.3, 0.4) is 0 Å². The number of aromatic nitrogens is 3. The van der Waals surface area contributed by atoms with E-state index in [1.165, 1.54) is 17.3 Å². The minimum atomic E-state index is -0.564. The number of ether oxygens (including phenoxy) is 1. The van der Waals surface area contributed by atoms with Crippen LogP contribution in [0.1, 0.15) is 21.7 Å². The van der Waals surface area contributed by atoms with Gasteiger partial charge in [-0.2, -0.15) is 5.26 Å². The van der Waals surface area contributed by atoms with Crippen LogP contribution in [-0.4, -0.2) is 51.6 Å². The molecule has 0 atom stereocenters. The lowest BCUT2D eigenvalue weighted by Gasteiger charge is -2.26. The molecule has 4 rings (SSSR count). The zero-order chi connectivity index (χ0) is 21.1. The summed E-state index contributed by atoms with van der Waals surface area (Å²) in [5.74, 6) is -0.623. The van der Waals surface area contributed by atoms with Gasteiger partial charge in [0.2, 0.25) is 0 Å². The van der Waals surface area contributed by atoms with Crippen LogP contribution in [0, 0.1) is 11.3 Å². The van der Waals surface area contributed by atoms with Crippen LogP contribution in [-0.2, 0) is 16.1 Å². The van der Waals surface area contributed by atoms with Crippen molar-refractivity contribution in [2.75, 3.05) is 24.7 Å². The summed E-state index contributed by atoms with van der Waals surface area (Å²) in [4.78, 5) is 38.3. The van der Waals surface area contributed by atoms with Gasteiger partial charge in [0.25, 0.3) is 11.8 Å². The van der Waals surface area contributed by atoms with Gasteiger partial charge in [0, 0.05) is 18.1 Å². The lowest BCUT2D eigenvalue weighted by atomic mass is 10.2. The van der Waals surface area contributed by atoms with Crippen molar-refractivity contribution in [1.29, 1.82) is 5.26 Å². The average Bonchev–Trinajstić information content (AvgIpc) is 2.78. The topological polar surface area (TPSA) is 141 Å². The SMILES string of the molecule is N#Cc1ccc(CNC(=O)c2ncc3nc(N4CCOCC4=O)ccc3c2O)cn1. The lowest BCUT2D eigenvalue weighted by Crippen LogP contribution is -2.42. The average molecular weight is 404 g/mol. The highest BCUT2D eigenvalue weighted by Crippen LogP contribution is 2.28. The number of amides is 2. The zero-order valence-electron chi connectivity index (χ0n) is 15.7. The Morgan fingerprint density at radius 2 is 2.13 bits per heavy atom. The van der Waals surface area contributed by atoms with Crippen molar-refractivity contribution >= 4 is 28.5 Å². The Morgan fingerprint density at radius 3 is 2.87 bits per heavy atom. The number of nitrogens with one attached hydrogen (secondary N) is 1. The molecular formula is C20H16N6O4. The molecular weight excluding hydrogens is 388 g/mol. The van der Waals surface area contributed by atoms with E-state index in [0.717, 1.165) is 0 Å². The first kappa shape index (κ1) is 19.2. The molecule has 0 aliphatic carbocycles. The van der Waals surface area contributed by atoms with Gasteiger partial charge in [-0.1, -0.05) is 6.07 Å². The maximum atomic E-state index is 12.5. The number of anilines is 1. The number of fused-ring (bicyclic) bond motifs is 1. The van der Waals surface area contributed by atoms with Crippen molar-refractivity contribution in [2.45, 2.75) is 6.54 Å². The van der Waals surface area contributed by atoms with E-state index < -0.39 is 5.91 Å². The van der Waals surface area contributed by atoms with Crippen molar-refractivity contribution in [3.8, 4) is 11.8 Å². The van der Waals surface area contributed by atoms with Crippen LogP contribution in [0.2, 0.25) is 0 Å². The highest BCUT2D eigenvalue weighted by molar-refractivity contribution is 6.01. The maximum Gasteiger partial charge on any atom is 0.274 e. The van der Waals surface area contributed by atoms with Crippen molar-refractivity contribution in [3.63, 3.8) is 0 Å². The monoisotopic (exact) mass is 404 g/mol. The number of hydrogen-bond acceptors (Lipinski definition) is 8. The van der Waals surface area contributed by atoms with Gasteiger partial charge in [-0.15, -0.1) is 0 Å². The Hall–Kier alpha value is -4.10. The molecule has 0 spiro atoms. The van der Waals surface area contributed by atoms with Crippen molar-refractivity contribution in [2.24, 2.45) is 0 Å². The minimum Gasteiger partial charge on any atom is -0.505 e. The summed E-state index contributed by atoms with van der Waals surface area (Å²) in [6.07, 6.45) is 2.87. The first-order valence-corrected chi connectivity index (χ1v) is 9.07. The predicted octanol–water partition coefficient (Wildman–Crippen LogP) is 0.895. The number of nitrogens with zero attached hydrogens (tertiary/aromatic N) is 5. The fraction of sp³-hybridized carbons (Fsp3) is 0.200. The molecule has 2 N–H and O–H groups in total. The molecule has 1 aliphatic rings. The molecule has 30 heavy (non-hydrogen) atoms. The van der Waals surface area contributed by atoms with Gasteiger partial charge in [-0.25, -0.2) is 15.0 Å². The molecule has 150 valence electrons. The van der Waals surface area contributed by atoms with E-state index in [1.54, 1.807) is 24.3 Å². The summed E-state index contributed by atoms with van der Waals surface area (Å²) >= 11 is 0. The molecule has 0 bridgehead atoms. The van der Waals surface area contributed by atoms with E-state index in [4.69, 9.17) is 10.00 Å². The number of morpholine rings is 1. The third kappa shape index (κ3) is 3.74. The van der Waals surface area contributed by atoms with Gasteiger partial charge >= 0.3 is 0 Å². The standard InChI is InChI=1S/C20H16N6O4/c21-7-13-2-1-12(8-22-13)9-24-20(29)18-19(28)14-3-4-16(25-15(14)10-23-18)26-5-6-30-11-17(26)27/h1-4,8,10,28H,5-6,9,11H2,(H,24,29). The van der Waals surface area contributed by atoms with Gasteiger partial charge in [0.05, 0.1) is 24.9 Å². The van der Waals surface area contributed by atoms with Crippen LogP contribution >= 0.6 is 0 Å². The summed E-state index contributed by atoms with van der Waals surface area (Å²) in [6.45, 7) is 0.967. The molecule has 3 aromatic heterocycles. The Morgan fingerprint density at radius 1 is 1.27 bits per heavy atom. The Labute approximate surface area is 170 Å². The van der Waals surface area contributed by atoms with Crippen LogP contribution in [0.5, 0.6) is 5.75 Å². The molecule has 10 heteroatoms. The second-order valence-electron chi connectivity index (χ2n) is 6.50. The Bertz CT molecular complexity index is 1170. The van der Waals surface area contributed by atoms with Gasteiger partial charge in [0.15, 0.2) is 11.4 Å². The second kappa shape index (κ2) is 8.10. The van der Waals surface area contributed by atoms with Crippen LogP contribution in [0.4, 0.5) is 5.82 Å². The van der Waals surface area contributed by atoms with Crippen molar-refractivity contribution in [1.82, 2.24) is 20.3 Å². The van der Waals surface area contributed by atoms with Gasteiger partial charge in [-0.05, 0) is 23.8 Å². The molecule has 1 saturated heterocycles. The second-order valence-corrected chi connectivity index (χ2v) is 6.50. The summed E-state index contributed by atoms with van der Waals surface area (Å²) in [5, 5.41) is 22.3. The molecule has 0 radical (unpaired) electrons. The molecule has 1 fully saturated rings. The van der Waals surface area contributed by atoms with E-state index in [-0.39, 0.29) is 36.2 Å². The van der Waals surface area contributed by atoms with Crippen LogP contribution in [0.15, 0.2) is 36.7 Å². The normalized spacial score (nSPS) is 13.8. The van der Waals surface area contributed by atoms with Crippen molar-refractivity contribution < 1.29 is 19.4 Å². The molecule has 0 saturated carbocycles. The summed E-state index contributed by atoms with van der Waals surface area (Å²) in [5.41, 5.74) is 1.20. The number of nitriles is 1. The lowest BCUT2D eigenvalue weighted by molar-refractivity contribution is -0.125. The van der Waals surface area contributed by atoms with Gasteiger partial charge in [-0.3, -0.25) is 14.5 Å². The number of pyridine rings is 3. The number of rotatable bonds is 4. The molecule has 10 nitrogen and oxygen atoms in total. The third-order valence-electron chi connectivity index (χ3n) is 4.58. The summed E-state index contributed by atoms with van der Waals surface area (Å²) < 4.78 is 5.11. The Balaban J connectivity index is 1.53. The van der Waals surface area contributed by atoms with E-state index in [0.29, 0.717) is 35.4 Å². The van der Waals surface area contributed by atoms with Crippen molar-refractivity contribution in [3.05, 3.63) is 53.6 Å². The zero-order valence-corrected chi connectivity index (χ0v) is 15.7. The first-order valence-electron chi connectivity index (χ1n) is 9.07. The van der Waals surface area contributed by atoms with Crippen LogP contribution in [0.25, 0.3) is 10.9 Å². The number of carbonyl (C=O) groups is 2. The molecule has 2 amide bonds. The fourth-order valence-corrected chi connectivity index (χ4v) is 3.02. The summed E-state index contributed by atoms with van der Waals surface area (Å²) in [6, 6.07) is 8.35. The number of carbonyl (C=O) groups excluding carboxylic acids is 2. The molecule has 3 aromatic rings. The van der Waals surface area contributed by atoms with E-state index in [9.17, 15) is 14.7 Å². The smallest absolute Gasteiger partial charge is 0.274 e. The van der Waals surface area contributed by atoms with E-state index >= 15 is 0 Å². The highest BCUT2D eigenvalue weighted by atomic mass is 16.5. The fourth-order valence-electron chi connectivity index (χ4n) is 3.02. The minimum absolute atomic E-state index is 0.00289. The quantitative estimate of drug-likeness (QED) is 0.653. The number of hydrogen-bond donors (Lipinski definition) is 2. The van der Waals surface area contributed by atoms with Gasteiger partial charge < -0.3 is 15.2 Å². The molecule has 1 aliphatic heterocycles. The number of aromatic hydroxyl groups is 1.